The molecule has 0 saturated carbocycles. The van der Waals surface area contributed by atoms with Crippen LogP contribution < -0.4 is 60.9 Å². The van der Waals surface area contributed by atoms with Crippen molar-refractivity contribution in [3.63, 3.8) is 0 Å². The molecule has 3 N–H and O–H groups in total. The number of carbonyl (C=O) groups excluding carboxylic acids is 8. The van der Waals surface area contributed by atoms with Gasteiger partial charge in [0.25, 0.3) is 0 Å². The number of hydrogen-bond donors (Lipinski definition) is 3. The number of esters is 2. The fourth-order valence-corrected chi connectivity index (χ4v) is 20.5. The maximum absolute atomic E-state index is 13.6. The third-order valence-corrected chi connectivity index (χ3v) is 27.6. The Morgan fingerprint density at radius 3 is 1.20 bits per heavy atom. The van der Waals surface area contributed by atoms with Gasteiger partial charge in [-0.1, -0.05) is 145 Å². The standard InChI is InChI=1S/C29H31N3O6S.C22H23N3O6S.C18H23NO5.C11H10N2O2S.Na/c1-6-10-24(33)18(4)25-26-17(3)21(27(32(26)28(25)34)29(35)38-13-7-2)16-31-23-15-20-12-9-8-11-19(20)14-22(23)30(5)39(31,36)37;1-11-15(20(22(28)29)25-19(11)18(12(2)26)21(25)27)10-24-17-9-14-7-5-4-6-13(14)8-16(17)23(3)32(24,30)31;1-5-7-13(21)11(4)14-15-10(3)12(9-20)16(19(15)17(14)22)18(23)24-8-6-2;1-13-11-7-9-5-3-2-4-8(9)6-10(11)12-16(13,14)15;/h6-9,11-12,14-15,17-18,25-26H,1-2,10,13,16H2,3-5H3;4-9,11-12,18-19,26H,10H2,1-3H3,(H,28,29);5-6,10-11,14-15,20H,1-2,7-9H2,3-4H3;2-7,12H,1H3;/q;;;;+1/p-1/t17?,18-,25?,26?;;10?,11-,14?,15?;;/m0.0../s1. The van der Waals surface area contributed by atoms with E-state index in [1.165, 1.54) is 76.6 Å². The second-order valence-electron chi connectivity index (χ2n) is 28.7. The van der Waals surface area contributed by atoms with Crippen LogP contribution in [0.3, 0.4) is 0 Å². The smallest absolute Gasteiger partial charge is 0.543 e. The molecule has 12 atom stereocenters. The fourth-order valence-electron chi connectivity index (χ4n) is 16.7. The second kappa shape index (κ2) is 31.9. The fraction of sp³-hybridized carbons (Fsp3) is 0.350. The van der Waals surface area contributed by atoms with Crippen molar-refractivity contribution in [2.75, 3.05) is 80.3 Å². The minimum Gasteiger partial charge on any atom is -0.543 e. The molecule has 584 valence electrons. The third-order valence-electron chi connectivity index (χ3n) is 22.7. The number of β-lactam (4-membered cyclic amide) rings is 3. The van der Waals surface area contributed by atoms with Crippen LogP contribution in [-0.2, 0) is 78.5 Å². The van der Waals surface area contributed by atoms with E-state index in [4.69, 9.17) is 9.47 Å². The average Bonchev–Trinajstić information content (AvgIpc) is 1.54. The molecule has 6 aromatic rings. The number of hydrogen-bond acceptors (Lipinski definition) is 19. The quantitative estimate of drug-likeness (QED) is 0.0397. The van der Waals surface area contributed by atoms with Crippen molar-refractivity contribution in [1.29, 1.82) is 0 Å². The summed E-state index contributed by atoms with van der Waals surface area (Å²) in [5.74, 6) is -8.08. The summed E-state index contributed by atoms with van der Waals surface area (Å²) in [6.07, 6.45) is 5.30. The Labute approximate surface area is 672 Å². The molecule has 32 heteroatoms. The molecule has 0 bridgehead atoms. The number of nitrogens with one attached hydrogen (secondary N) is 1. The van der Waals surface area contributed by atoms with Crippen molar-refractivity contribution in [1.82, 2.24) is 14.7 Å². The Morgan fingerprint density at radius 2 is 0.830 bits per heavy atom. The summed E-state index contributed by atoms with van der Waals surface area (Å²) in [6, 6.07) is 32.5. The number of fused-ring (bicyclic) bond motifs is 9. The van der Waals surface area contributed by atoms with Gasteiger partial charge in [-0.15, -0.1) is 13.2 Å². The Morgan fingerprint density at radius 1 is 0.500 bits per heavy atom. The molecule has 9 aliphatic rings. The molecule has 3 fully saturated rings. The number of amides is 3. The average molecular weight is 1600 g/mol. The number of benzene rings is 6. The van der Waals surface area contributed by atoms with E-state index in [0.29, 0.717) is 50.8 Å². The maximum atomic E-state index is 13.6. The van der Waals surface area contributed by atoms with Gasteiger partial charge in [-0.3, -0.25) is 41.6 Å². The first-order chi connectivity index (χ1) is 52.6. The number of nitrogens with zero attached hydrogens (tertiary/aromatic N) is 8. The van der Waals surface area contributed by atoms with Crippen LogP contribution in [0.25, 0.3) is 32.3 Å². The molecule has 0 spiro atoms. The zero-order chi connectivity index (χ0) is 80.7. The van der Waals surface area contributed by atoms with E-state index in [9.17, 15) is 78.9 Å². The van der Waals surface area contributed by atoms with E-state index >= 15 is 0 Å². The monoisotopic (exact) mass is 1600 g/mol. The number of aliphatic hydroxyl groups excluding tert-OH is 2. The number of aliphatic hydroxyl groups is 2. The normalized spacial score (nSPS) is 24.1. The van der Waals surface area contributed by atoms with Crippen LogP contribution in [0.4, 0.5) is 34.1 Å². The molecule has 6 aromatic carbocycles. The predicted octanol–water partition coefficient (Wildman–Crippen LogP) is 3.95. The van der Waals surface area contributed by atoms with Crippen LogP contribution >= 0.6 is 0 Å². The van der Waals surface area contributed by atoms with Gasteiger partial charge in [-0.2, -0.15) is 25.3 Å². The van der Waals surface area contributed by atoms with Gasteiger partial charge in [0, 0.05) is 63.6 Å². The van der Waals surface area contributed by atoms with Crippen LogP contribution in [0.5, 0.6) is 0 Å². The molecule has 28 nitrogen and oxygen atoms in total. The molecule has 10 unspecified atom stereocenters. The largest absolute Gasteiger partial charge is 1.00 e. The van der Waals surface area contributed by atoms with Crippen LogP contribution in [0.2, 0.25) is 0 Å². The number of Topliss-reactive ketones (excluding diaryl/α,β-unsaturated/α-hetero) is 2. The Kier molecular flexibility index (Phi) is 23.6. The molecule has 15 rings (SSSR count). The maximum Gasteiger partial charge on any atom is 1.00 e. The minimum atomic E-state index is -3.96. The summed E-state index contributed by atoms with van der Waals surface area (Å²) in [6.45, 7) is 23.9. The molecular formula is C80H86N9NaO19S3. The summed E-state index contributed by atoms with van der Waals surface area (Å²) in [4.78, 5) is 105. The first-order valence-electron chi connectivity index (χ1n) is 36.0. The Hall–Kier alpha value is -9.99. The number of aliphatic carboxylic acids is 1. The van der Waals surface area contributed by atoms with Crippen LogP contribution in [-0.4, -0.2) is 176 Å². The SMILES string of the molecule is C=CCOC(=O)C1=C(CN2c3cc4ccccc4cc3N(C)S2(=O)=O)C(C)C2C([C@@H](C)C(=O)CC=C)C(=O)N12.C=CCOC(=O)C1=C(CO)C(C)C2C([C@@H](C)C(=O)CC=C)C(=O)N12.CC(O)C1C(=O)N2C(C(=O)[O-])=C(CN3c4cc5ccccc5cc4N(C)S3(=O)=O)C(C)C12.CN1c2cc3ccccc3cc2NS1(=O)=O.[Na+]. The molecule has 0 radical (unpaired) electrons. The number of allylic oxidation sites excluding steroid dienone is 2. The molecule has 0 aromatic heterocycles. The van der Waals surface area contributed by atoms with Gasteiger partial charge in [-0.05, 0) is 92.4 Å². The van der Waals surface area contributed by atoms with Crippen molar-refractivity contribution in [3.05, 3.63) is 194 Å². The van der Waals surface area contributed by atoms with Gasteiger partial charge in [-0.25, -0.2) is 18.2 Å². The molecule has 9 heterocycles. The number of carboxylic acids is 1. The predicted molar refractivity (Wildman–Crippen MR) is 417 cm³/mol. The van der Waals surface area contributed by atoms with Crippen LogP contribution in [0.1, 0.15) is 54.4 Å². The van der Waals surface area contributed by atoms with Crippen molar-refractivity contribution in [2.45, 2.75) is 78.6 Å². The zero-order valence-corrected chi connectivity index (χ0v) is 68.0. The van der Waals surface area contributed by atoms with Gasteiger partial charge in [0.15, 0.2) is 0 Å². The first-order valence-corrected chi connectivity index (χ1v) is 40.2. The van der Waals surface area contributed by atoms with Crippen molar-refractivity contribution in [3.8, 4) is 0 Å². The molecule has 3 saturated heterocycles. The summed E-state index contributed by atoms with van der Waals surface area (Å²) in [7, 11) is -6.80. The first kappa shape index (κ1) is 83.0. The third kappa shape index (κ3) is 13.9. The van der Waals surface area contributed by atoms with Crippen molar-refractivity contribution in [2.24, 2.45) is 47.3 Å². The number of carboxylic acid groups (broad SMARTS) is 1. The number of carbonyl (C=O) groups is 8. The number of rotatable bonds is 21. The van der Waals surface area contributed by atoms with E-state index in [2.05, 4.69) is 31.0 Å². The van der Waals surface area contributed by atoms with Gasteiger partial charge in [0.05, 0.1) is 107 Å². The molecule has 3 amide bonds. The number of anilines is 6. The van der Waals surface area contributed by atoms with E-state index in [-0.39, 0.29) is 134 Å². The van der Waals surface area contributed by atoms with Gasteiger partial charge < -0.3 is 44.3 Å². The molecular weight excluding hydrogens is 1510 g/mol. The molecule has 112 heavy (non-hydrogen) atoms. The second-order valence-corrected chi connectivity index (χ2v) is 34.2. The van der Waals surface area contributed by atoms with E-state index in [1.54, 1.807) is 40.0 Å². The van der Waals surface area contributed by atoms with Crippen LogP contribution in [0.15, 0.2) is 194 Å². The summed E-state index contributed by atoms with van der Waals surface area (Å²) in [5, 5.41) is 37.2. The van der Waals surface area contributed by atoms with E-state index in [1.807, 2.05) is 111 Å². The summed E-state index contributed by atoms with van der Waals surface area (Å²) in [5.41, 5.74) is 4.40. The summed E-state index contributed by atoms with van der Waals surface area (Å²) >= 11 is 0. The molecule has 9 aliphatic heterocycles. The van der Waals surface area contributed by atoms with Gasteiger partial charge in [0.2, 0.25) is 17.7 Å². The number of ether oxygens (including phenoxy) is 2. The van der Waals surface area contributed by atoms with Crippen molar-refractivity contribution < 1.29 is 118 Å². The van der Waals surface area contributed by atoms with Gasteiger partial charge in [0.1, 0.15) is 36.2 Å². The molecule has 0 aliphatic carbocycles. The Balaban J connectivity index is 0.000000154. The Bertz CT molecular complexity index is 5470. The van der Waals surface area contributed by atoms with E-state index < -0.39 is 108 Å². The van der Waals surface area contributed by atoms with E-state index in [0.717, 1.165) is 37.2 Å². The zero-order valence-electron chi connectivity index (χ0n) is 63.5. The summed E-state index contributed by atoms with van der Waals surface area (Å²) < 4.78 is 96.0. The van der Waals surface area contributed by atoms with Crippen molar-refractivity contribution >= 4 is 144 Å². The topological polar surface area (TPSA) is 359 Å². The minimum absolute atomic E-state index is 0. The van der Waals surface area contributed by atoms with Crippen LogP contribution in [0, 0.1) is 47.3 Å². The number of ketones is 2. The van der Waals surface area contributed by atoms with Gasteiger partial charge >= 0.3 is 72.1 Å².